The van der Waals surface area contributed by atoms with Crippen molar-refractivity contribution in [3.05, 3.63) is 22.4 Å². The quantitative estimate of drug-likeness (QED) is 0.905. The van der Waals surface area contributed by atoms with Gasteiger partial charge in [-0.15, -0.1) is 11.3 Å². The zero-order valence-electron chi connectivity index (χ0n) is 10.8. The van der Waals surface area contributed by atoms with Gasteiger partial charge in [0.1, 0.15) is 6.10 Å². The molecule has 2 rings (SSSR count). The van der Waals surface area contributed by atoms with E-state index in [1.54, 1.807) is 16.2 Å². The van der Waals surface area contributed by atoms with Crippen molar-refractivity contribution < 1.29 is 9.53 Å². The molecule has 2 N–H and O–H groups in total. The molecule has 0 aliphatic carbocycles. The highest BCUT2D eigenvalue weighted by molar-refractivity contribution is 7.10. The van der Waals surface area contributed by atoms with Crippen LogP contribution in [-0.2, 0) is 9.53 Å². The molecule has 1 fully saturated rings. The zero-order chi connectivity index (χ0) is 13.1. The van der Waals surface area contributed by atoms with Crippen LogP contribution in [0.2, 0.25) is 0 Å². The normalized spacial score (nSPS) is 25.1. The number of nitrogens with zero attached hydrogens (tertiary/aromatic N) is 1. The Morgan fingerprint density at radius 3 is 3.00 bits per heavy atom. The van der Waals surface area contributed by atoms with Crippen LogP contribution in [0.5, 0.6) is 0 Å². The Balaban J connectivity index is 1.97. The number of hydrogen-bond acceptors (Lipinski definition) is 4. The molecule has 3 atom stereocenters. The first-order valence-corrected chi connectivity index (χ1v) is 7.17. The Morgan fingerprint density at radius 2 is 2.44 bits per heavy atom. The van der Waals surface area contributed by atoms with Gasteiger partial charge >= 0.3 is 0 Å². The number of rotatable bonds is 4. The molecule has 100 valence electrons. The maximum atomic E-state index is 12.3. The predicted molar refractivity (Wildman–Crippen MR) is 72.5 cm³/mol. The molecule has 4 nitrogen and oxygen atoms in total. The maximum absolute atomic E-state index is 12.3. The Hall–Kier alpha value is -0.910. The third-order valence-corrected chi connectivity index (χ3v) is 4.57. The summed E-state index contributed by atoms with van der Waals surface area (Å²) in [6, 6.07) is 4.15. The Bertz CT molecular complexity index is 394. The van der Waals surface area contributed by atoms with Crippen molar-refractivity contribution in [3.8, 4) is 0 Å². The van der Waals surface area contributed by atoms with Crippen LogP contribution in [0.3, 0.4) is 0 Å². The Morgan fingerprint density at radius 1 is 1.67 bits per heavy atom. The number of likely N-dealkylation sites (N-methyl/N-ethyl adjacent to an activating group) is 1. The van der Waals surface area contributed by atoms with Gasteiger partial charge in [-0.05, 0) is 31.2 Å². The number of hydrogen-bond donors (Lipinski definition) is 1. The molecule has 1 aliphatic heterocycles. The predicted octanol–water partition coefficient (Wildman–Crippen LogP) is 1.77. The molecule has 0 bridgehead atoms. The second-order valence-electron chi connectivity index (χ2n) is 4.70. The van der Waals surface area contributed by atoms with Crippen molar-refractivity contribution in [2.45, 2.75) is 38.0 Å². The lowest BCUT2D eigenvalue weighted by Crippen LogP contribution is -2.38. The average molecular weight is 268 g/mol. The van der Waals surface area contributed by atoms with E-state index in [4.69, 9.17) is 10.5 Å². The van der Waals surface area contributed by atoms with E-state index in [-0.39, 0.29) is 24.2 Å². The van der Waals surface area contributed by atoms with Gasteiger partial charge in [0.15, 0.2) is 0 Å². The summed E-state index contributed by atoms with van der Waals surface area (Å²) in [5, 5.41) is 2.03. The van der Waals surface area contributed by atoms with Gasteiger partial charge in [0, 0.05) is 18.5 Å². The molecule has 18 heavy (non-hydrogen) atoms. The topological polar surface area (TPSA) is 55.6 Å². The van der Waals surface area contributed by atoms with Gasteiger partial charge in [-0.3, -0.25) is 4.79 Å². The van der Waals surface area contributed by atoms with Crippen molar-refractivity contribution >= 4 is 17.2 Å². The van der Waals surface area contributed by atoms with Crippen LogP contribution in [0, 0.1) is 0 Å². The van der Waals surface area contributed by atoms with Crippen LogP contribution in [-0.4, -0.2) is 36.6 Å². The van der Waals surface area contributed by atoms with E-state index in [0.29, 0.717) is 6.54 Å². The highest BCUT2D eigenvalue weighted by Crippen LogP contribution is 2.27. The summed E-state index contributed by atoms with van der Waals surface area (Å²) < 4.78 is 5.65. The number of carbonyl (C=O) groups is 1. The summed E-state index contributed by atoms with van der Waals surface area (Å²) in [4.78, 5) is 15.3. The lowest BCUT2D eigenvalue weighted by Gasteiger charge is -2.26. The van der Waals surface area contributed by atoms with Crippen LogP contribution in [0.4, 0.5) is 0 Å². The van der Waals surface area contributed by atoms with Crippen molar-refractivity contribution in [1.29, 1.82) is 0 Å². The third-order valence-electron chi connectivity index (χ3n) is 3.53. The molecule has 1 unspecified atom stereocenters. The molecule has 0 radical (unpaired) electrons. The van der Waals surface area contributed by atoms with E-state index in [0.717, 1.165) is 12.8 Å². The number of nitrogens with two attached hydrogens (primary N) is 1. The van der Waals surface area contributed by atoms with Crippen LogP contribution in [0.15, 0.2) is 17.5 Å². The fourth-order valence-corrected chi connectivity index (χ4v) is 3.03. The largest absolute Gasteiger partial charge is 0.364 e. The first kappa shape index (κ1) is 13.5. The van der Waals surface area contributed by atoms with E-state index in [1.807, 2.05) is 25.4 Å². The molecule has 1 amide bonds. The standard InChI is InChI=1S/C13H20N2O2S/c1-9(12-4-3-7-18-12)15(2)13(16)11-6-5-10(8-14)17-11/h3-4,7,9-11H,5-6,8,14H2,1-2H3/t9?,10-,11+/m1/s1. The fourth-order valence-electron chi connectivity index (χ4n) is 2.20. The summed E-state index contributed by atoms with van der Waals surface area (Å²) in [6.45, 7) is 2.53. The van der Waals surface area contributed by atoms with E-state index >= 15 is 0 Å². The molecular formula is C13H20N2O2S. The molecule has 1 aromatic rings. The minimum atomic E-state index is -0.314. The molecule has 0 aromatic carbocycles. The van der Waals surface area contributed by atoms with E-state index in [2.05, 4.69) is 6.07 Å². The van der Waals surface area contributed by atoms with Gasteiger partial charge < -0.3 is 15.4 Å². The van der Waals surface area contributed by atoms with Gasteiger partial charge in [0.05, 0.1) is 12.1 Å². The summed E-state index contributed by atoms with van der Waals surface area (Å²) in [5.41, 5.74) is 5.56. The van der Waals surface area contributed by atoms with Crippen molar-refractivity contribution in [3.63, 3.8) is 0 Å². The van der Waals surface area contributed by atoms with Gasteiger partial charge in [-0.2, -0.15) is 0 Å². The lowest BCUT2D eigenvalue weighted by atomic mass is 10.1. The van der Waals surface area contributed by atoms with Gasteiger partial charge in [0.2, 0.25) is 0 Å². The van der Waals surface area contributed by atoms with Crippen LogP contribution >= 0.6 is 11.3 Å². The molecule has 5 heteroatoms. The van der Waals surface area contributed by atoms with Gasteiger partial charge in [-0.1, -0.05) is 6.07 Å². The minimum Gasteiger partial charge on any atom is -0.364 e. The van der Waals surface area contributed by atoms with E-state index in [1.165, 1.54) is 4.88 Å². The second kappa shape index (κ2) is 5.82. The summed E-state index contributed by atoms with van der Waals surface area (Å²) in [6.07, 6.45) is 1.39. The van der Waals surface area contributed by atoms with Crippen LogP contribution < -0.4 is 5.73 Å². The number of ether oxygens (including phenoxy) is 1. The van der Waals surface area contributed by atoms with Gasteiger partial charge in [-0.25, -0.2) is 0 Å². The second-order valence-corrected chi connectivity index (χ2v) is 5.68. The van der Waals surface area contributed by atoms with Gasteiger partial charge in [0.25, 0.3) is 5.91 Å². The first-order valence-electron chi connectivity index (χ1n) is 6.29. The fraction of sp³-hybridized carbons (Fsp3) is 0.615. The van der Waals surface area contributed by atoms with Crippen LogP contribution in [0.25, 0.3) is 0 Å². The number of amides is 1. The first-order chi connectivity index (χ1) is 8.63. The van der Waals surface area contributed by atoms with Crippen LogP contribution in [0.1, 0.15) is 30.7 Å². The molecule has 1 aliphatic rings. The minimum absolute atomic E-state index is 0.0457. The van der Waals surface area contributed by atoms with Crippen molar-refractivity contribution in [2.24, 2.45) is 5.73 Å². The van der Waals surface area contributed by atoms with E-state index < -0.39 is 0 Å². The highest BCUT2D eigenvalue weighted by atomic mass is 32.1. The highest BCUT2D eigenvalue weighted by Gasteiger charge is 2.33. The Kier molecular flexibility index (Phi) is 4.37. The van der Waals surface area contributed by atoms with E-state index in [9.17, 15) is 4.79 Å². The smallest absolute Gasteiger partial charge is 0.251 e. The molecule has 1 aromatic heterocycles. The third kappa shape index (κ3) is 2.74. The lowest BCUT2D eigenvalue weighted by molar-refractivity contribution is -0.143. The molecule has 0 spiro atoms. The van der Waals surface area contributed by atoms with Crippen molar-refractivity contribution in [1.82, 2.24) is 4.90 Å². The summed E-state index contributed by atoms with van der Waals surface area (Å²) in [5.74, 6) is 0.0619. The average Bonchev–Trinajstić information content (AvgIpc) is 3.06. The maximum Gasteiger partial charge on any atom is 0.251 e. The molecule has 1 saturated heterocycles. The SMILES string of the molecule is CC(c1cccs1)N(C)C(=O)[C@@H]1CC[C@H](CN)O1. The summed E-state index contributed by atoms with van der Waals surface area (Å²) in [7, 11) is 1.84. The molecular weight excluding hydrogens is 248 g/mol. The number of carbonyl (C=O) groups excluding carboxylic acids is 1. The zero-order valence-corrected chi connectivity index (χ0v) is 11.7. The monoisotopic (exact) mass is 268 g/mol. The summed E-state index contributed by atoms with van der Waals surface area (Å²) >= 11 is 1.67. The van der Waals surface area contributed by atoms with Crippen molar-refractivity contribution in [2.75, 3.05) is 13.6 Å². The Labute approximate surface area is 112 Å². The number of thiophene rings is 1. The molecule has 0 saturated carbocycles. The molecule has 2 heterocycles.